The van der Waals surface area contributed by atoms with E-state index in [0.29, 0.717) is 6.42 Å². The Balaban J connectivity index is -0.000000561. The molecule has 0 aromatic carbocycles. The first kappa shape index (κ1) is 35.8. The molecule has 0 radical (unpaired) electrons. The molecule has 0 fully saturated rings. The quantitative estimate of drug-likeness (QED) is 0.0825. The van der Waals surface area contributed by atoms with Crippen molar-refractivity contribution in [3.8, 4) is 0 Å². The molecule has 0 aliphatic rings. The Labute approximate surface area is 215 Å². The van der Waals surface area contributed by atoms with E-state index in [1.807, 2.05) is 6.29 Å². The van der Waals surface area contributed by atoms with E-state index in [1.165, 1.54) is 77.0 Å². The van der Waals surface area contributed by atoms with Gasteiger partial charge in [-0.2, -0.15) is 14.8 Å². The van der Waals surface area contributed by atoms with Crippen molar-refractivity contribution < 1.29 is 67.1 Å². The van der Waals surface area contributed by atoms with Gasteiger partial charge in [0.05, 0.1) is 6.42 Å². The van der Waals surface area contributed by atoms with E-state index < -0.39 is 33.7 Å². The fraction of sp³-hybridized carbons (Fsp3) is 0.773. The van der Waals surface area contributed by atoms with E-state index in [4.69, 9.17) is 14.8 Å². The van der Waals surface area contributed by atoms with Gasteiger partial charge in [-0.25, -0.2) is 0 Å². The van der Waals surface area contributed by atoms with Crippen molar-refractivity contribution in [3.63, 3.8) is 0 Å². The third-order valence-corrected chi connectivity index (χ3v) is 5.62. The Morgan fingerprint density at radius 3 is 1.62 bits per heavy atom. The minimum absolute atomic E-state index is 0. The average Bonchev–Trinajstić information content (AvgIpc) is 2.68. The zero-order chi connectivity index (χ0) is 24.0. The van der Waals surface area contributed by atoms with Gasteiger partial charge in [-0.15, -0.1) is 0 Å². The second kappa shape index (κ2) is 24.9. The summed E-state index contributed by atoms with van der Waals surface area (Å²) in [5, 5.41) is 13.9. The minimum Gasteiger partial charge on any atom is -0.542 e. The smallest absolute Gasteiger partial charge is 0.542 e. The molecular formula is C22H39NaO8S. The van der Waals surface area contributed by atoms with E-state index in [9.17, 15) is 22.8 Å². The molecule has 3 N–H and O–H groups in total. The van der Waals surface area contributed by atoms with Gasteiger partial charge in [-0.1, -0.05) is 76.9 Å². The molecule has 0 aliphatic heterocycles. The van der Waals surface area contributed by atoms with Crippen LogP contribution in [0.5, 0.6) is 0 Å². The van der Waals surface area contributed by atoms with E-state index in [2.05, 4.69) is 19.1 Å². The zero-order valence-corrected chi connectivity index (χ0v) is 22.4. The maximum Gasteiger partial charge on any atom is 1.00 e. The molecule has 1 atom stereocenters. The first-order chi connectivity index (χ1) is 14.7. The van der Waals surface area contributed by atoms with Crippen LogP contribution >= 0.6 is 0 Å². The van der Waals surface area contributed by atoms with E-state index >= 15 is 0 Å². The molecule has 0 amide bonds. The zero-order valence-electron chi connectivity index (χ0n) is 19.6. The monoisotopic (exact) mass is 486 g/mol. The summed E-state index contributed by atoms with van der Waals surface area (Å²) in [6, 6.07) is 0. The first-order valence-corrected chi connectivity index (χ1v) is 12.6. The predicted molar refractivity (Wildman–Crippen MR) is 120 cm³/mol. The summed E-state index contributed by atoms with van der Waals surface area (Å²) in [6.07, 6.45) is 23.1. The van der Waals surface area contributed by atoms with Crippen molar-refractivity contribution >= 4 is 28.3 Å². The minimum atomic E-state index is -4.84. The van der Waals surface area contributed by atoms with Crippen LogP contribution in [0.4, 0.5) is 0 Å². The van der Waals surface area contributed by atoms with E-state index in [1.54, 1.807) is 0 Å². The standard InChI is InChI=1S/C18H33O.C4H6O7S.Na/c1-2-3-4-5-6-7-8-9-10-11-12-13-14-15-16-17-18-19;5-3(6)1-2(4(7)8)12(9,10)11;/h9-10H,2-8,11-17H2,1H3;2H,1H2,(H,5,6)(H,7,8)(H,9,10,11);/q-1;;+1/b10-9-;;. The van der Waals surface area contributed by atoms with Crippen molar-refractivity contribution in [2.45, 2.75) is 108 Å². The molecule has 10 heteroatoms. The third-order valence-electron chi connectivity index (χ3n) is 4.54. The second-order valence-electron chi connectivity index (χ2n) is 7.42. The number of allylic oxidation sites excluding steroid dienone is 2. The molecule has 0 heterocycles. The molecule has 0 spiro atoms. The normalized spacial score (nSPS) is 11.8. The molecule has 32 heavy (non-hydrogen) atoms. The number of carbonyl (C=O) groups is 2. The fourth-order valence-corrected chi connectivity index (χ4v) is 3.35. The van der Waals surface area contributed by atoms with Crippen LogP contribution in [0.3, 0.4) is 0 Å². The van der Waals surface area contributed by atoms with Crippen molar-refractivity contribution in [1.82, 2.24) is 0 Å². The number of hydrogen-bond acceptors (Lipinski definition) is 5. The fourth-order valence-electron chi connectivity index (χ4n) is 2.75. The Morgan fingerprint density at radius 1 is 0.844 bits per heavy atom. The summed E-state index contributed by atoms with van der Waals surface area (Å²) in [5.74, 6) is -3.50. The van der Waals surface area contributed by atoms with Gasteiger partial charge in [0.1, 0.15) is 0 Å². The molecule has 0 aromatic heterocycles. The number of carboxylic acids is 2. The van der Waals surface area contributed by atoms with Crippen LogP contribution in [0.25, 0.3) is 0 Å². The van der Waals surface area contributed by atoms with Crippen LogP contribution in [0.1, 0.15) is 103 Å². The number of rotatable bonds is 19. The summed E-state index contributed by atoms with van der Waals surface area (Å²) in [6.45, 7) is 2.27. The van der Waals surface area contributed by atoms with Gasteiger partial charge >= 0.3 is 41.5 Å². The average molecular weight is 487 g/mol. The topological polar surface area (TPSA) is 146 Å². The number of hydrogen-bond donors (Lipinski definition) is 3. The van der Waals surface area contributed by atoms with Crippen molar-refractivity contribution in [3.05, 3.63) is 12.2 Å². The summed E-state index contributed by atoms with van der Waals surface area (Å²) in [5.41, 5.74) is 0. The molecule has 0 aliphatic carbocycles. The molecule has 0 rings (SSSR count). The molecular weight excluding hydrogens is 447 g/mol. The molecule has 0 aromatic rings. The molecule has 0 saturated carbocycles. The van der Waals surface area contributed by atoms with Crippen LogP contribution in [-0.4, -0.2) is 46.7 Å². The Hall–Kier alpha value is -0.740. The second-order valence-corrected chi connectivity index (χ2v) is 9.02. The maximum atomic E-state index is 10.2. The van der Waals surface area contributed by atoms with Crippen molar-refractivity contribution in [1.29, 1.82) is 0 Å². The molecule has 0 bridgehead atoms. The Kier molecular flexibility index (Phi) is 27.9. The summed E-state index contributed by atoms with van der Waals surface area (Å²) in [4.78, 5) is 30.0. The van der Waals surface area contributed by atoms with Gasteiger partial charge in [-0.3, -0.25) is 20.4 Å². The van der Waals surface area contributed by atoms with Crippen LogP contribution in [0.2, 0.25) is 0 Å². The van der Waals surface area contributed by atoms with E-state index in [0.717, 1.165) is 6.42 Å². The maximum absolute atomic E-state index is 10.2. The van der Waals surface area contributed by atoms with Gasteiger partial charge in [0, 0.05) is 0 Å². The van der Waals surface area contributed by atoms with Crippen LogP contribution in [0.15, 0.2) is 12.2 Å². The SMILES string of the molecule is CCCCCCCC/C=C\CCCCCCC[C-]=O.O=C(O)CC(C(=O)O)S(=O)(=O)O.[Na+]. The van der Waals surface area contributed by atoms with Gasteiger partial charge in [-0.05, 0) is 25.7 Å². The predicted octanol–water partition coefficient (Wildman–Crippen LogP) is 1.94. The number of carbonyl (C=O) groups excluding carboxylic acids is 1. The Bertz CT molecular complexity index is 605. The van der Waals surface area contributed by atoms with Crippen molar-refractivity contribution in [2.24, 2.45) is 0 Å². The molecule has 1 unspecified atom stereocenters. The molecule has 0 saturated heterocycles. The molecule has 182 valence electrons. The van der Waals surface area contributed by atoms with Gasteiger partial charge in [0.15, 0.2) is 5.25 Å². The van der Waals surface area contributed by atoms with Crippen LogP contribution in [-0.2, 0) is 24.5 Å². The van der Waals surface area contributed by atoms with Crippen LogP contribution in [0, 0.1) is 0 Å². The van der Waals surface area contributed by atoms with Crippen molar-refractivity contribution in [2.75, 3.05) is 0 Å². The largest absolute Gasteiger partial charge is 1.00 e. The first-order valence-electron chi connectivity index (χ1n) is 11.1. The summed E-state index contributed by atoms with van der Waals surface area (Å²) in [7, 11) is -4.84. The van der Waals surface area contributed by atoms with Gasteiger partial charge < -0.3 is 15.0 Å². The van der Waals surface area contributed by atoms with Gasteiger partial charge in [0.2, 0.25) is 0 Å². The molecule has 8 nitrogen and oxygen atoms in total. The summed E-state index contributed by atoms with van der Waals surface area (Å²) >= 11 is 0. The number of aliphatic carboxylic acids is 2. The number of carboxylic acid groups (broad SMARTS) is 2. The number of unbranched alkanes of at least 4 members (excludes halogenated alkanes) is 12. The Morgan fingerprint density at radius 2 is 1.28 bits per heavy atom. The third kappa shape index (κ3) is 27.3. The van der Waals surface area contributed by atoms with Gasteiger partial charge in [0.25, 0.3) is 10.1 Å². The van der Waals surface area contributed by atoms with Crippen LogP contribution < -0.4 is 29.6 Å². The van der Waals surface area contributed by atoms with E-state index in [-0.39, 0.29) is 29.6 Å². The summed E-state index contributed by atoms with van der Waals surface area (Å²) < 4.78 is 28.7.